The standard InChI is InChI=1S/C13H15BrClNO3/c1-2-3-4-11(13(18)19)16-12(17)8-5-9(14)7-10(15)6-8/h5-7,11H,2-4H2,1H3,(H,16,17)(H,18,19)/t11-/m0/s1. The van der Waals surface area contributed by atoms with Gasteiger partial charge in [-0.2, -0.15) is 0 Å². The molecule has 0 fully saturated rings. The van der Waals surface area contributed by atoms with Crippen molar-refractivity contribution in [3.8, 4) is 0 Å². The molecule has 0 saturated carbocycles. The number of nitrogens with one attached hydrogen (secondary N) is 1. The highest BCUT2D eigenvalue weighted by Crippen LogP contribution is 2.19. The smallest absolute Gasteiger partial charge is 0.326 e. The number of halogens is 2. The van der Waals surface area contributed by atoms with Gasteiger partial charge in [0.25, 0.3) is 5.91 Å². The van der Waals surface area contributed by atoms with Crippen LogP contribution in [0, 0.1) is 0 Å². The van der Waals surface area contributed by atoms with Crippen LogP contribution >= 0.6 is 27.5 Å². The molecule has 104 valence electrons. The summed E-state index contributed by atoms with van der Waals surface area (Å²) in [7, 11) is 0. The Morgan fingerprint density at radius 2 is 2.11 bits per heavy atom. The third-order valence-corrected chi connectivity index (χ3v) is 3.25. The van der Waals surface area contributed by atoms with Crippen LogP contribution in [0.5, 0.6) is 0 Å². The van der Waals surface area contributed by atoms with Crippen LogP contribution in [-0.4, -0.2) is 23.0 Å². The summed E-state index contributed by atoms with van der Waals surface area (Å²) in [6.07, 6.45) is 2.04. The fraction of sp³-hybridized carbons (Fsp3) is 0.385. The number of hydrogen-bond donors (Lipinski definition) is 2. The average molecular weight is 349 g/mol. The molecule has 0 unspecified atom stereocenters. The second-order valence-corrected chi connectivity index (χ2v) is 5.52. The summed E-state index contributed by atoms with van der Waals surface area (Å²) in [4.78, 5) is 23.0. The lowest BCUT2D eigenvalue weighted by molar-refractivity contribution is -0.139. The second kappa shape index (κ2) is 7.50. The number of benzene rings is 1. The molecule has 0 bridgehead atoms. The average Bonchev–Trinajstić information content (AvgIpc) is 2.32. The van der Waals surface area contributed by atoms with Crippen LogP contribution in [0.2, 0.25) is 5.02 Å². The van der Waals surface area contributed by atoms with Crippen LogP contribution in [-0.2, 0) is 4.79 Å². The largest absolute Gasteiger partial charge is 0.480 e. The van der Waals surface area contributed by atoms with Gasteiger partial charge in [0.2, 0.25) is 0 Å². The van der Waals surface area contributed by atoms with Crippen LogP contribution in [0.25, 0.3) is 0 Å². The molecule has 0 aliphatic carbocycles. The molecule has 1 atom stereocenters. The quantitative estimate of drug-likeness (QED) is 0.827. The molecule has 0 saturated heterocycles. The summed E-state index contributed by atoms with van der Waals surface area (Å²) < 4.78 is 0.672. The van der Waals surface area contributed by atoms with Crippen molar-refractivity contribution in [2.45, 2.75) is 32.2 Å². The molecular weight excluding hydrogens is 334 g/mol. The number of unbranched alkanes of at least 4 members (excludes halogenated alkanes) is 1. The number of carboxylic acids is 1. The van der Waals surface area contributed by atoms with E-state index >= 15 is 0 Å². The molecule has 0 spiro atoms. The SMILES string of the molecule is CCCC[C@H](NC(=O)c1cc(Cl)cc(Br)c1)C(=O)O. The highest BCUT2D eigenvalue weighted by atomic mass is 79.9. The summed E-state index contributed by atoms with van der Waals surface area (Å²) in [6, 6.07) is 3.88. The van der Waals surface area contributed by atoms with Gasteiger partial charge in [-0.3, -0.25) is 4.79 Å². The summed E-state index contributed by atoms with van der Waals surface area (Å²) in [5.74, 6) is -1.46. The summed E-state index contributed by atoms with van der Waals surface area (Å²) in [5, 5.41) is 12.0. The Labute approximate surface area is 125 Å². The molecule has 4 nitrogen and oxygen atoms in total. The molecule has 0 heterocycles. The Morgan fingerprint density at radius 3 is 2.63 bits per heavy atom. The van der Waals surface area contributed by atoms with Crippen molar-refractivity contribution in [1.82, 2.24) is 5.32 Å². The van der Waals surface area contributed by atoms with Crippen molar-refractivity contribution in [3.63, 3.8) is 0 Å². The normalized spacial score (nSPS) is 11.9. The van der Waals surface area contributed by atoms with Crippen molar-refractivity contribution >= 4 is 39.4 Å². The minimum Gasteiger partial charge on any atom is -0.480 e. The molecule has 6 heteroatoms. The van der Waals surface area contributed by atoms with Gasteiger partial charge in [-0.1, -0.05) is 47.3 Å². The van der Waals surface area contributed by atoms with Gasteiger partial charge >= 0.3 is 5.97 Å². The van der Waals surface area contributed by atoms with Crippen molar-refractivity contribution in [3.05, 3.63) is 33.3 Å². The summed E-state index contributed by atoms with van der Waals surface area (Å²) >= 11 is 9.09. The van der Waals surface area contributed by atoms with E-state index in [4.69, 9.17) is 16.7 Å². The van der Waals surface area contributed by atoms with Crippen LogP contribution in [0.15, 0.2) is 22.7 Å². The molecule has 1 rings (SSSR count). The predicted octanol–water partition coefficient (Wildman–Crippen LogP) is 3.48. The predicted molar refractivity (Wildman–Crippen MR) is 77.6 cm³/mol. The maximum atomic E-state index is 12.0. The van der Waals surface area contributed by atoms with Gasteiger partial charge in [-0.05, 0) is 24.6 Å². The first-order valence-electron chi connectivity index (χ1n) is 5.93. The maximum Gasteiger partial charge on any atom is 0.326 e. The molecule has 0 aliphatic heterocycles. The van der Waals surface area contributed by atoms with Crippen LogP contribution in [0.4, 0.5) is 0 Å². The highest BCUT2D eigenvalue weighted by molar-refractivity contribution is 9.10. The number of carbonyl (C=O) groups excluding carboxylic acids is 1. The lowest BCUT2D eigenvalue weighted by Gasteiger charge is -2.14. The van der Waals surface area contributed by atoms with E-state index in [0.29, 0.717) is 21.5 Å². The van der Waals surface area contributed by atoms with E-state index < -0.39 is 17.9 Å². The highest BCUT2D eigenvalue weighted by Gasteiger charge is 2.20. The third kappa shape index (κ3) is 5.20. The fourth-order valence-electron chi connectivity index (χ4n) is 1.59. The lowest BCUT2D eigenvalue weighted by Crippen LogP contribution is -2.40. The molecule has 0 aromatic heterocycles. The number of hydrogen-bond acceptors (Lipinski definition) is 2. The number of amides is 1. The monoisotopic (exact) mass is 347 g/mol. The van der Waals surface area contributed by atoms with Gasteiger partial charge in [-0.15, -0.1) is 0 Å². The zero-order valence-corrected chi connectivity index (χ0v) is 12.8. The van der Waals surface area contributed by atoms with Gasteiger partial charge in [0.05, 0.1) is 0 Å². The van der Waals surface area contributed by atoms with E-state index in [9.17, 15) is 9.59 Å². The molecule has 1 amide bonds. The first-order valence-corrected chi connectivity index (χ1v) is 7.11. The zero-order chi connectivity index (χ0) is 14.4. The van der Waals surface area contributed by atoms with Gasteiger partial charge < -0.3 is 10.4 Å². The van der Waals surface area contributed by atoms with Crippen molar-refractivity contribution < 1.29 is 14.7 Å². The molecule has 1 aromatic carbocycles. The molecule has 2 N–H and O–H groups in total. The Balaban J connectivity index is 2.78. The molecule has 0 aliphatic rings. The van der Waals surface area contributed by atoms with Crippen molar-refractivity contribution in [2.24, 2.45) is 0 Å². The summed E-state index contributed by atoms with van der Waals surface area (Å²) in [6.45, 7) is 1.97. The van der Waals surface area contributed by atoms with E-state index in [0.717, 1.165) is 12.8 Å². The van der Waals surface area contributed by atoms with E-state index in [2.05, 4.69) is 21.2 Å². The topological polar surface area (TPSA) is 66.4 Å². The van der Waals surface area contributed by atoms with Crippen LogP contribution in [0.3, 0.4) is 0 Å². The Kier molecular flexibility index (Phi) is 6.31. The molecule has 0 radical (unpaired) electrons. The molecule has 1 aromatic rings. The van der Waals surface area contributed by atoms with Gasteiger partial charge in [-0.25, -0.2) is 4.79 Å². The van der Waals surface area contributed by atoms with Gasteiger partial charge in [0, 0.05) is 15.1 Å². The summed E-state index contributed by atoms with van der Waals surface area (Å²) in [5.41, 5.74) is 0.335. The minimum absolute atomic E-state index is 0.335. The third-order valence-electron chi connectivity index (χ3n) is 2.57. The Bertz CT molecular complexity index is 459. The van der Waals surface area contributed by atoms with E-state index in [1.807, 2.05) is 6.92 Å². The van der Waals surface area contributed by atoms with Crippen LogP contribution in [0.1, 0.15) is 36.5 Å². The number of carboxylic acid groups (broad SMARTS) is 1. The zero-order valence-electron chi connectivity index (χ0n) is 10.5. The number of aliphatic carboxylic acids is 1. The van der Waals surface area contributed by atoms with E-state index in [-0.39, 0.29) is 0 Å². The van der Waals surface area contributed by atoms with Gasteiger partial charge in [0.15, 0.2) is 0 Å². The van der Waals surface area contributed by atoms with Crippen molar-refractivity contribution in [2.75, 3.05) is 0 Å². The maximum absolute atomic E-state index is 12.0. The number of carbonyl (C=O) groups is 2. The molecular formula is C13H15BrClNO3. The first kappa shape index (κ1) is 16.0. The van der Waals surface area contributed by atoms with Crippen LogP contribution < -0.4 is 5.32 Å². The van der Waals surface area contributed by atoms with E-state index in [1.165, 1.54) is 6.07 Å². The van der Waals surface area contributed by atoms with Gasteiger partial charge in [0.1, 0.15) is 6.04 Å². The Hall–Kier alpha value is -1.07. The number of rotatable bonds is 6. The fourth-order valence-corrected chi connectivity index (χ4v) is 2.45. The minimum atomic E-state index is -1.03. The Morgan fingerprint density at radius 1 is 1.42 bits per heavy atom. The van der Waals surface area contributed by atoms with Crippen molar-refractivity contribution in [1.29, 1.82) is 0 Å². The van der Waals surface area contributed by atoms with E-state index in [1.54, 1.807) is 12.1 Å². The first-order chi connectivity index (χ1) is 8.93. The lowest BCUT2D eigenvalue weighted by atomic mass is 10.1. The molecule has 19 heavy (non-hydrogen) atoms. The second-order valence-electron chi connectivity index (χ2n) is 4.16.